The number of hydrogen-bond donors (Lipinski definition) is 1. The lowest BCUT2D eigenvalue weighted by atomic mass is 10.1. The zero-order valence-electron chi connectivity index (χ0n) is 13.8. The second kappa shape index (κ2) is 6.13. The van der Waals surface area contributed by atoms with Crippen molar-refractivity contribution in [2.45, 2.75) is 13.0 Å². The summed E-state index contributed by atoms with van der Waals surface area (Å²) in [5, 5.41) is 8.63. The predicted octanol–water partition coefficient (Wildman–Crippen LogP) is 2.86. The average molecular weight is 324 g/mol. The summed E-state index contributed by atoms with van der Waals surface area (Å²) in [6.45, 7) is 4.38. The lowest BCUT2D eigenvalue weighted by Gasteiger charge is -2.39. The third-order valence-electron chi connectivity index (χ3n) is 4.37. The van der Waals surface area contributed by atoms with Crippen LogP contribution in [0.25, 0.3) is 22.2 Å². The van der Waals surface area contributed by atoms with Crippen LogP contribution in [0.1, 0.15) is 6.92 Å². The Balaban J connectivity index is 1.68. The van der Waals surface area contributed by atoms with Crippen molar-refractivity contribution < 1.29 is 9.47 Å². The molecule has 3 aromatic rings. The highest BCUT2D eigenvalue weighted by molar-refractivity contribution is 5.94. The summed E-state index contributed by atoms with van der Waals surface area (Å²) in [4.78, 5) is 6.68. The maximum atomic E-state index is 5.61. The van der Waals surface area contributed by atoms with Crippen LogP contribution in [0.4, 0.5) is 5.82 Å². The van der Waals surface area contributed by atoms with Crippen LogP contribution in [0.3, 0.4) is 0 Å². The monoisotopic (exact) mass is 324 g/mol. The molecule has 1 aliphatic heterocycles. The van der Waals surface area contributed by atoms with Crippen molar-refractivity contribution in [2.75, 3.05) is 31.7 Å². The summed E-state index contributed by atoms with van der Waals surface area (Å²) in [5.74, 6) is 1.81. The first-order chi connectivity index (χ1) is 11.8. The third-order valence-corrected chi connectivity index (χ3v) is 4.37. The van der Waals surface area contributed by atoms with Crippen molar-refractivity contribution in [3.05, 3.63) is 36.5 Å². The van der Waals surface area contributed by atoms with Gasteiger partial charge in [-0.05, 0) is 37.3 Å². The molecule has 0 radical (unpaired) electrons. The summed E-state index contributed by atoms with van der Waals surface area (Å²) in [5.41, 5.74) is 2.95. The molecule has 1 aliphatic rings. The maximum absolute atomic E-state index is 5.61. The number of benzene rings is 1. The highest BCUT2D eigenvalue weighted by atomic mass is 16.5. The van der Waals surface area contributed by atoms with Gasteiger partial charge in [0, 0.05) is 37.3 Å². The Hall–Kier alpha value is -2.60. The minimum Gasteiger partial charge on any atom is -0.494 e. The van der Waals surface area contributed by atoms with E-state index in [0.717, 1.165) is 46.8 Å². The summed E-state index contributed by atoms with van der Waals surface area (Å²) >= 11 is 0. The maximum Gasteiger partial charge on any atom is 0.129 e. The number of nitrogens with zero attached hydrogens (tertiary/aromatic N) is 3. The molecule has 1 saturated heterocycles. The molecule has 24 heavy (non-hydrogen) atoms. The van der Waals surface area contributed by atoms with Crippen LogP contribution >= 0.6 is 0 Å². The SMILES string of the molecule is CCOc1ccc2[nH]nc(-c3ccnc(N4CC(OC)C4)c3)c2c1. The zero-order chi connectivity index (χ0) is 16.5. The van der Waals surface area contributed by atoms with E-state index < -0.39 is 0 Å². The van der Waals surface area contributed by atoms with E-state index in [2.05, 4.69) is 26.1 Å². The first kappa shape index (κ1) is 15.0. The molecule has 0 unspecified atom stereocenters. The van der Waals surface area contributed by atoms with E-state index in [1.54, 1.807) is 7.11 Å². The molecule has 4 rings (SSSR count). The van der Waals surface area contributed by atoms with Gasteiger partial charge < -0.3 is 14.4 Å². The van der Waals surface area contributed by atoms with E-state index >= 15 is 0 Å². The summed E-state index contributed by atoms with van der Waals surface area (Å²) in [6, 6.07) is 10.0. The molecule has 6 heteroatoms. The molecule has 0 atom stereocenters. The van der Waals surface area contributed by atoms with Crippen LogP contribution in [-0.4, -0.2) is 48.1 Å². The number of H-pyrrole nitrogens is 1. The molecule has 0 aliphatic carbocycles. The normalized spacial score (nSPS) is 14.8. The minimum atomic E-state index is 0.301. The lowest BCUT2D eigenvalue weighted by Crippen LogP contribution is -2.52. The smallest absolute Gasteiger partial charge is 0.129 e. The van der Waals surface area contributed by atoms with Gasteiger partial charge >= 0.3 is 0 Å². The number of aromatic nitrogens is 3. The quantitative estimate of drug-likeness (QED) is 0.782. The fourth-order valence-corrected chi connectivity index (χ4v) is 2.98. The van der Waals surface area contributed by atoms with E-state index in [-0.39, 0.29) is 0 Å². The standard InChI is InChI=1S/C18H20N4O2/c1-3-24-13-4-5-16-15(9-13)18(21-20-16)12-6-7-19-17(8-12)22-10-14(11-22)23-2/h4-9,14H,3,10-11H2,1-2H3,(H,20,21). The second-order valence-corrected chi connectivity index (χ2v) is 5.88. The number of methoxy groups -OCH3 is 1. The first-order valence-electron chi connectivity index (χ1n) is 8.13. The van der Waals surface area contributed by atoms with Crippen molar-refractivity contribution in [3.8, 4) is 17.0 Å². The molecule has 6 nitrogen and oxygen atoms in total. The number of rotatable bonds is 5. The molecule has 1 N–H and O–H groups in total. The molecule has 2 aromatic heterocycles. The molecule has 0 bridgehead atoms. The van der Waals surface area contributed by atoms with Gasteiger partial charge in [0.25, 0.3) is 0 Å². The average Bonchev–Trinajstić information content (AvgIpc) is 2.98. The third kappa shape index (κ3) is 2.59. The summed E-state index contributed by atoms with van der Waals surface area (Å²) in [6.07, 6.45) is 2.13. The van der Waals surface area contributed by atoms with Gasteiger partial charge in [0.15, 0.2) is 0 Å². The molecule has 0 saturated carbocycles. The molecule has 1 fully saturated rings. The zero-order valence-corrected chi connectivity index (χ0v) is 13.8. The number of fused-ring (bicyclic) bond motifs is 1. The highest BCUT2D eigenvalue weighted by Gasteiger charge is 2.27. The summed E-state index contributed by atoms with van der Waals surface area (Å²) in [7, 11) is 1.75. The Kier molecular flexibility index (Phi) is 3.82. The highest BCUT2D eigenvalue weighted by Crippen LogP contribution is 2.31. The van der Waals surface area contributed by atoms with Crippen molar-refractivity contribution in [3.63, 3.8) is 0 Å². The van der Waals surface area contributed by atoms with Gasteiger partial charge in [-0.15, -0.1) is 0 Å². The van der Waals surface area contributed by atoms with Crippen LogP contribution in [0.2, 0.25) is 0 Å². The molecule has 124 valence electrons. The van der Waals surface area contributed by atoms with Gasteiger partial charge in [0.05, 0.1) is 18.2 Å². The largest absolute Gasteiger partial charge is 0.494 e. The fraction of sp³-hybridized carbons (Fsp3) is 0.333. The number of nitrogens with one attached hydrogen (secondary N) is 1. The van der Waals surface area contributed by atoms with Crippen LogP contribution in [0.15, 0.2) is 36.5 Å². The van der Waals surface area contributed by atoms with Crippen molar-refractivity contribution in [2.24, 2.45) is 0 Å². The van der Waals surface area contributed by atoms with E-state index in [1.165, 1.54) is 0 Å². The van der Waals surface area contributed by atoms with Crippen LogP contribution < -0.4 is 9.64 Å². The number of pyridine rings is 1. The predicted molar refractivity (Wildman–Crippen MR) is 93.5 cm³/mol. The van der Waals surface area contributed by atoms with Crippen LogP contribution in [-0.2, 0) is 4.74 Å². The van der Waals surface area contributed by atoms with Crippen molar-refractivity contribution >= 4 is 16.7 Å². The lowest BCUT2D eigenvalue weighted by molar-refractivity contribution is 0.0783. The molecule has 3 heterocycles. The van der Waals surface area contributed by atoms with Gasteiger partial charge in [-0.3, -0.25) is 5.10 Å². The van der Waals surface area contributed by atoms with Crippen molar-refractivity contribution in [1.29, 1.82) is 0 Å². The Morgan fingerprint density at radius 2 is 2.12 bits per heavy atom. The van der Waals surface area contributed by atoms with Gasteiger partial charge in [0.1, 0.15) is 17.3 Å². The Labute approximate surface area is 140 Å². The van der Waals surface area contributed by atoms with E-state index in [1.807, 2.05) is 37.4 Å². The minimum absolute atomic E-state index is 0.301. The molecule has 0 amide bonds. The van der Waals surface area contributed by atoms with Gasteiger partial charge in [0.2, 0.25) is 0 Å². The second-order valence-electron chi connectivity index (χ2n) is 5.88. The van der Waals surface area contributed by atoms with Gasteiger partial charge in [-0.25, -0.2) is 4.98 Å². The van der Waals surface area contributed by atoms with E-state index in [0.29, 0.717) is 12.7 Å². The topological polar surface area (TPSA) is 63.3 Å². The van der Waals surface area contributed by atoms with Crippen LogP contribution in [0, 0.1) is 0 Å². The van der Waals surface area contributed by atoms with E-state index in [4.69, 9.17) is 9.47 Å². The first-order valence-corrected chi connectivity index (χ1v) is 8.13. The number of ether oxygens (including phenoxy) is 2. The fourth-order valence-electron chi connectivity index (χ4n) is 2.98. The molecular weight excluding hydrogens is 304 g/mol. The molecule has 1 aromatic carbocycles. The van der Waals surface area contributed by atoms with Gasteiger partial charge in [-0.2, -0.15) is 5.10 Å². The molecular formula is C18H20N4O2. The van der Waals surface area contributed by atoms with Crippen LogP contribution in [0.5, 0.6) is 5.75 Å². The van der Waals surface area contributed by atoms with Gasteiger partial charge in [-0.1, -0.05) is 0 Å². The number of hydrogen-bond acceptors (Lipinski definition) is 5. The number of anilines is 1. The summed E-state index contributed by atoms with van der Waals surface area (Å²) < 4.78 is 10.9. The Morgan fingerprint density at radius 3 is 2.92 bits per heavy atom. The number of aromatic amines is 1. The Morgan fingerprint density at radius 1 is 1.25 bits per heavy atom. The Bertz CT molecular complexity index is 855. The molecule has 0 spiro atoms. The van der Waals surface area contributed by atoms with E-state index in [9.17, 15) is 0 Å². The van der Waals surface area contributed by atoms with Crippen molar-refractivity contribution in [1.82, 2.24) is 15.2 Å².